The number of hydrogen-bond donors (Lipinski definition) is 1. The number of imide groups is 2. The van der Waals surface area contributed by atoms with Crippen LogP contribution in [0.4, 0.5) is 4.79 Å². The van der Waals surface area contributed by atoms with Gasteiger partial charge >= 0.3 is 17.8 Å². The molecular weight excluding hydrogens is 298 g/mol. The Morgan fingerprint density at radius 1 is 1.13 bits per heavy atom. The topological polar surface area (TPSA) is 90.6 Å². The van der Waals surface area contributed by atoms with Gasteiger partial charge in [0.2, 0.25) is 0 Å². The van der Waals surface area contributed by atoms with Crippen molar-refractivity contribution in [1.82, 2.24) is 14.8 Å². The van der Waals surface area contributed by atoms with Crippen LogP contribution in [0.25, 0.3) is 10.9 Å². The van der Waals surface area contributed by atoms with Gasteiger partial charge in [0, 0.05) is 28.7 Å². The molecule has 1 aromatic heterocycles. The number of Topliss-reactive ketones (excluding diaryl/α,β-unsaturated/α-hetero) is 1. The second-order valence-corrected chi connectivity index (χ2v) is 5.61. The van der Waals surface area contributed by atoms with Crippen molar-refractivity contribution in [2.75, 3.05) is 6.54 Å². The molecule has 1 aliphatic heterocycles. The van der Waals surface area contributed by atoms with E-state index >= 15 is 0 Å². The van der Waals surface area contributed by atoms with Gasteiger partial charge in [-0.25, -0.2) is 9.69 Å². The van der Waals surface area contributed by atoms with Gasteiger partial charge in [0.15, 0.2) is 5.78 Å². The predicted molar refractivity (Wildman–Crippen MR) is 81.7 cm³/mol. The number of para-hydroxylation sites is 1. The van der Waals surface area contributed by atoms with Gasteiger partial charge in [-0.15, -0.1) is 0 Å². The Balaban J connectivity index is 1.87. The minimum atomic E-state index is -0.961. The number of hydrogen-bond acceptors (Lipinski definition) is 4. The molecule has 2 aromatic rings. The Bertz CT molecular complexity index is 837. The van der Waals surface area contributed by atoms with Gasteiger partial charge in [0.1, 0.15) is 0 Å². The number of carbonyl (C=O) groups is 4. The van der Waals surface area contributed by atoms with E-state index in [4.69, 9.17) is 0 Å². The van der Waals surface area contributed by atoms with Crippen LogP contribution in [0.1, 0.15) is 24.2 Å². The summed E-state index contributed by atoms with van der Waals surface area (Å²) < 4.78 is 0. The van der Waals surface area contributed by atoms with Crippen molar-refractivity contribution in [1.29, 1.82) is 0 Å². The highest BCUT2D eigenvalue weighted by Gasteiger charge is 2.46. The van der Waals surface area contributed by atoms with E-state index < -0.39 is 36.2 Å². The van der Waals surface area contributed by atoms with Crippen molar-refractivity contribution in [3.63, 3.8) is 0 Å². The molecule has 1 N–H and O–H groups in total. The van der Waals surface area contributed by atoms with Crippen LogP contribution in [0.5, 0.6) is 0 Å². The second kappa shape index (κ2) is 5.35. The molecule has 0 spiro atoms. The van der Waals surface area contributed by atoms with Crippen LogP contribution in [0.3, 0.4) is 0 Å². The lowest BCUT2D eigenvalue weighted by molar-refractivity contribution is -0.143. The summed E-state index contributed by atoms with van der Waals surface area (Å²) >= 11 is 0. The van der Waals surface area contributed by atoms with Crippen molar-refractivity contribution in [3.8, 4) is 0 Å². The number of fused-ring (bicyclic) bond motifs is 1. The number of nitrogens with one attached hydrogen (secondary N) is 1. The summed E-state index contributed by atoms with van der Waals surface area (Å²) in [4.78, 5) is 53.0. The summed E-state index contributed by atoms with van der Waals surface area (Å²) in [6.45, 7) is 2.82. The number of benzene rings is 1. The minimum Gasteiger partial charge on any atom is -0.360 e. The molecule has 23 heavy (non-hydrogen) atoms. The van der Waals surface area contributed by atoms with Crippen LogP contribution in [-0.4, -0.2) is 51.0 Å². The molecule has 0 saturated carbocycles. The lowest BCUT2D eigenvalue weighted by Crippen LogP contribution is -2.39. The smallest absolute Gasteiger partial charge is 0.334 e. The zero-order valence-corrected chi connectivity index (χ0v) is 12.7. The lowest BCUT2D eigenvalue weighted by atomic mass is 10.1. The van der Waals surface area contributed by atoms with E-state index in [2.05, 4.69) is 4.98 Å². The SMILES string of the molecule is CC(C)N1C(=O)C(=O)N(CC(=O)c2c[nH]c3ccccc23)C1=O. The third-order valence-corrected chi connectivity index (χ3v) is 3.79. The van der Waals surface area contributed by atoms with Crippen LogP contribution in [-0.2, 0) is 9.59 Å². The molecule has 2 heterocycles. The molecule has 1 saturated heterocycles. The van der Waals surface area contributed by atoms with Gasteiger partial charge in [0.25, 0.3) is 0 Å². The zero-order valence-electron chi connectivity index (χ0n) is 12.7. The highest BCUT2D eigenvalue weighted by atomic mass is 16.2. The maximum absolute atomic E-state index is 12.5. The van der Waals surface area contributed by atoms with E-state index in [-0.39, 0.29) is 0 Å². The Morgan fingerprint density at radius 2 is 1.83 bits per heavy atom. The molecule has 0 unspecified atom stereocenters. The van der Waals surface area contributed by atoms with E-state index in [0.717, 1.165) is 10.4 Å². The van der Waals surface area contributed by atoms with Crippen LogP contribution in [0.15, 0.2) is 30.5 Å². The number of rotatable bonds is 4. The summed E-state index contributed by atoms with van der Waals surface area (Å²) in [5.74, 6) is -2.25. The molecule has 7 nitrogen and oxygen atoms in total. The number of nitrogens with zero attached hydrogens (tertiary/aromatic N) is 2. The van der Waals surface area contributed by atoms with Gasteiger partial charge in [-0.05, 0) is 19.9 Å². The van der Waals surface area contributed by atoms with Gasteiger partial charge in [0.05, 0.1) is 6.54 Å². The number of aromatic amines is 1. The van der Waals surface area contributed by atoms with Crippen molar-refractivity contribution >= 4 is 34.5 Å². The first-order valence-corrected chi connectivity index (χ1v) is 7.20. The Kier molecular flexibility index (Phi) is 3.48. The molecule has 1 aliphatic rings. The molecule has 7 heteroatoms. The summed E-state index contributed by atoms with van der Waals surface area (Å²) in [6, 6.07) is 6.04. The molecule has 1 aromatic carbocycles. The lowest BCUT2D eigenvalue weighted by Gasteiger charge is -2.17. The summed E-state index contributed by atoms with van der Waals surface area (Å²) in [5, 5.41) is 0.712. The van der Waals surface area contributed by atoms with E-state index in [9.17, 15) is 19.2 Å². The van der Waals surface area contributed by atoms with Gasteiger partial charge in [-0.1, -0.05) is 18.2 Å². The second-order valence-electron chi connectivity index (χ2n) is 5.61. The maximum atomic E-state index is 12.5. The molecule has 1 fully saturated rings. The molecule has 3 rings (SSSR count). The van der Waals surface area contributed by atoms with E-state index in [1.807, 2.05) is 12.1 Å². The van der Waals surface area contributed by atoms with Crippen molar-refractivity contribution in [2.45, 2.75) is 19.9 Å². The molecule has 0 aliphatic carbocycles. The van der Waals surface area contributed by atoms with E-state index in [0.29, 0.717) is 15.8 Å². The Morgan fingerprint density at radius 3 is 2.48 bits per heavy atom. The Labute approximate surface area is 131 Å². The standard InChI is InChI=1S/C16H15N3O4/c1-9(2)19-15(22)14(21)18(16(19)23)8-13(20)11-7-17-12-6-4-3-5-10(11)12/h3-7,9,17H,8H2,1-2H3. The van der Waals surface area contributed by atoms with Crippen molar-refractivity contribution in [3.05, 3.63) is 36.0 Å². The first kappa shape index (κ1) is 15.0. The first-order valence-electron chi connectivity index (χ1n) is 7.20. The number of ketones is 1. The third-order valence-electron chi connectivity index (χ3n) is 3.79. The molecule has 0 atom stereocenters. The van der Waals surface area contributed by atoms with Crippen LogP contribution in [0.2, 0.25) is 0 Å². The quantitative estimate of drug-likeness (QED) is 0.527. The fraction of sp³-hybridized carbons (Fsp3) is 0.250. The minimum absolute atomic E-state index is 0.386. The monoisotopic (exact) mass is 313 g/mol. The van der Waals surface area contributed by atoms with E-state index in [1.165, 1.54) is 0 Å². The fourth-order valence-corrected chi connectivity index (χ4v) is 2.65. The van der Waals surface area contributed by atoms with Crippen LogP contribution >= 0.6 is 0 Å². The number of carbonyl (C=O) groups excluding carboxylic acids is 4. The summed E-state index contributed by atoms with van der Waals surface area (Å²) in [5.41, 5.74) is 1.17. The average Bonchev–Trinajstić information content (AvgIpc) is 3.02. The average molecular weight is 313 g/mol. The van der Waals surface area contributed by atoms with Gasteiger partial charge in [-0.2, -0.15) is 0 Å². The molecule has 4 amide bonds. The van der Waals surface area contributed by atoms with Gasteiger partial charge in [-0.3, -0.25) is 19.3 Å². The Hall–Kier alpha value is -2.96. The van der Waals surface area contributed by atoms with Crippen LogP contribution < -0.4 is 0 Å². The van der Waals surface area contributed by atoms with Crippen LogP contribution in [0, 0.1) is 0 Å². The molecule has 0 bridgehead atoms. The highest BCUT2D eigenvalue weighted by molar-refractivity contribution is 6.45. The highest BCUT2D eigenvalue weighted by Crippen LogP contribution is 2.20. The normalized spacial score (nSPS) is 15.3. The number of amides is 4. The zero-order chi connectivity index (χ0) is 16.7. The van der Waals surface area contributed by atoms with Gasteiger partial charge < -0.3 is 4.98 Å². The van der Waals surface area contributed by atoms with E-state index in [1.54, 1.807) is 32.2 Å². The predicted octanol–water partition coefficient (Wildman–Crippen LogP) is 1.55. The molecule has 118 valence electrons. The summed E-state index contributed by atoms with van der Waals surface area (Å²) in [6.07, 6.45) is 1.54. The first-order chi connectivity index (χ1) is 10.9. The number of aromatic nitrogens is 1. The largest absolute Gasteiger partial charge is 0.360 e. The molecule has 0 radical (unpaired) electrons. The number of H-pyrrole nitrogens is 1. The maximum Gasteiger partial charge on any atom is 0.334 e. The summed E-state index contributed by atoms with van der Waals surface area (Å²) in [7, 11) is 0. The fourth-order valence-electron chi connectivity index (χ4n) is 2.65. The van der Waals surface area contributed by atoms with Crippen molar-refractivity contribution in [2.24, 2.45) is 0 Å². The molecular formula is C16H15N3O4. The third kappa shape index (κ3) is 2.30. The van der Waals surface area contributed by atoms with Crippen molar-refractivity contribution < 1.29 is 19.2 Å². The number of urea groups is 1.